The summed E-state index contributed by atoms with van der Waals surface area (Å²) in [5.41, 5.74) is 4.98. The van der Waals surface area contributed by atoms with Crippen LogP contribution in [-0.2, 0) is 9.53 Å². The van der Waals surface area contributed by atoms with Gasteiger partial charge < -0.3 is 25.6 Å². The summed E-state index contributed by atoms with van der Waals surface area (Å²) >= 11 is 0. The SMILES string of the molecule is O=C(CC(O)CNC(=O)OCC1c2ccccc2-c2ccccc21)Nc1ccc(C(=O)O)cc1. The number of nitrogens with one attached hydrogen (secondary N) is 2. The summed E-state index contributed by atoms with van der Waals surface area (Å²) in [6.45, 7) is 0.00479. The highest BCUT2D eigenvalue weighted by molar-refractivity contribution is 5.92. The third kappa shape index (κ3) is 5.24. The number of hydrogen-bond acceptors (Lipinski definition) is 5. The Kier molecular flexibility index (Phi) is 6.89. The van der Waals surface area contributed by atoms with Crippen LogP contribution in [0.3, 0.4) is 0 Å². The Bertz CT molecular complexity index is 1160. The molecule has 1 atom stereocenters. The number of fused-ring (bicyclic) bond motifs is 3. The number of aliphatic hydroxyl groups excluding tert-OH is 1. The highest BCUT2D eigenvalue weighted by Crippen LogP contribution is 2.44. The largest absolute Gasteiger partial charge is 0.478 e. The van der Waals surface area contributed by atoms with Crippen molar-refractivity contribution in [2.24, 2.45) is 0 Å². The van der Waals surface area contributed by atoms with E-state index in [4.69, 9.17) is 9.84 Å². The van der Waals surface area contributed by atoms with Crippen LogP contribution < -0.4 is 10.6 Å². The molecular weight excluding hydrogens is 436 g/mol. The maximum atomic E-state index is 12.2. The quantitative estimate of drug-likeness (QED) is 0.407. The molecule has 0 saturated heterocycles. The second-order valence-corrected chi connectivity index (χ2v) is 8.00. The van der Waals surface area contributed by atoms with Crippen LogP contribution in [0.15, 0.2) is 72.8 Å². The van der Waals surface area contributed by atoms with Crippen molar-refractivity contribution in [3.05, 3.63) is 89.5 Å². The highest BCUT2D eigenvalue weighted by atomic mass is 16.5. The van der Waals surface area contributed by atoms with Crippen molar-refractivity contribution in [1.29, 1.82) is 0 Å². The van der Waals surface area contributed by atoms with Gasteiger partial charge in [-0.05, 0) is 46.5 Å². The molecule has 1 unspecified atom stereocenters. The van der Waals surface area contributed by atoms with Gasteiger partial charge in [-0.15, -0.1) is 0 Å². The smallest absolute Gasteiger partial charge is 0.407 e. The van der Waals surface area contributed by atoms with Gasteiger partial charge in [0, 0.05) is 18.2 Å². The van der Waals surface area contributed by atoms with Crippen LogP contribution in [0.2, 0.25) is 0 Å². The molecule has 0 bridgehead atoms. The van der Waals surface area contributed by atoms with Gasteiger partial charge in [-0.1, -0.05) is 48.5 Å². The number of rotatable bonds is 8. The molecule has 8 nitrogen and oxygen atoms in total. The number of hydrogen-bond donors (Lipinski definition) is 4. The number of aromatic carboxylic acids is 1. The zero-order valence-electron chi connectivity index (χ0n) is 18.2. The molecule has 2 amide bonds. The lowest BCUT2D eigenvalue weighted by atomic mass is 9.98. The maximum absolute atomic E-state index is 12.2. The van der Waals surface area contributed by atoms with Crippen molar-refractivity contribution in [3.63, 3.8) is 0 Å². The maximum Gasteiger partial charge on any atom is 0.407 e. The van der Waals surface area contributed by atoms with E-state index < -0.39 is 24.1 Å². The molecule has 4 N–H and O–H groups in total. The number of carboxylic acid groups (broad SMARTS) is 1. The van der Waals surface area contributed by atoms with Crippen molar-refractivity contribution < 1.29 is 29.3 Å². The van der Waals surface area contributed by atoms with Crippen molar-refractivity contribution in [3.8, 4) is 11.1 Å². The van der Waals surface area contributed by atoms with Gasteiger partial charge in [0.25, 0.3) is 0 Å². The van der Waals surface area contributed by atoms with Gasteiger partial charge in [0.2, 0.25) is 5.91 Å². The van der Waals surface area contributed by atoms with E-state index in [2.05, 4.69) is 22.8 Å². The average Bonchev–Trinajstić information content (AvgIpc) is 3.15. The molecule has 0 saturated carbocycles. The van der Waals surface area contributed by atoms with E-state index >= 15 is 0 Å². The summed E-state index contributed by atoms with van der Waals surface area (Å²) in [6, 6.07) is 21.7. The molecule has 3 aromatic carbocycles. The summed E-state index contributed by atoms with van der Waals surface area (Å²) in [4.78, 5) is 35.2. The highest BCUT2D eigenvalue weighted by Gasteiger charge is 2.29. The summed E-state index contributed by atoms with van der Waals surface area (Å²) in [5.74, 6) is -1.60. The summed E-state index contributed by atoms with van der Waals surface area (Å²) in [5, 5.41) is 24.1. The molecular formula is C26H24N2O6. The Morgan fingerprint density at radius 1 is 0.882 bits per heavy atom. The Hall–Kier alpha value is -4.17. The normalized spacial score (nSPS) is 12.9. The van der Waals surface area contributed by atoms with Gasteiger partial charge in [-0.25, -0.2) is 9.59 Å². The number of carbonyl (C=O) groups is 3. The summed E-state index contributed by atoms with van der Waals surface area (Å²) < 4.78 is 5.41. The van der Waals surface area contributed by atoms with Gasteiger partial charge >= 0.3 is 12.1 Å². The summed E-state index contributed by atoms with van der Waals surface area (Å²) in [7, 11) is 0. The first-order valence-electron chi connectivity index (χ1n) is 10.8. The molecule has 4 rings (SSSR count). The van der Waals surface area contributed by atoms with Gasteiger partial charge in [0.1, 0.15) is 6.61 Å². The molecule has 1 aliphatic carbocycles. The molecule has 1 aliphatic rings. The van der Waals surface area contributed by atoms with Crippen molar-refractivity contribution in [1.82, 2.24) is 5.32 Å². The first-order chi connectivity index (χ1) is 16.4. The molecule has 0 fully saturated rings. The lowest BCUT2D eigenvalue weighted by Crippen LogP contribution is -2.35. The van der Waals surface area contributed by atoms with Crippen molar-refractivity contribution in [2.75, 3.05) is 18.5 Å². The second kappa shape index (κ2) is 10.2. The number of ether oxygens (including phenoxy) is 1. The predicted molar refractivity (Wildman–Crippen MR) is 126 cm³/mol. The van der Waals surface area contributed by atoms with Crippen LogP contribution in [0, 0.1) is 0 Å². The summed E-state index contributed by atoms with van der Waals surface area (Å²) in [6.07, 6.45) is -2.03. The van der Waals surface area contributed by atoms with E-state index in [1.165, 1.54) is 24.3 Å². The Morgan fingerprint density at radius 2 is 1.47 bits per heavy atom. The molecule has 0 spiro atoms. The Balaban J connectivity index is 1.23. The minimum atomic E-state index is -1.11. The number of benzene rings is 3. The molecule has 34 heavy (non-hydrogen) atoms. The van der Waals surface area contributed by atoms with Gasteiger partial charge in [0.05, 0.1) is 18.1 Å². The third-order valence-corrected chi connectivity index (χ3v) is 5.66. The number of amides is 2. The van der Waals surface area contributed by atoms with E-state index in [9.17, 15) is 19.5 Å². The minimum Gasteiger partial charge on any atom is -0.478 e. The first kappa shape index (κ1) is 23.0. The number of aliphatic hydroxyl groups is 1. The molecule has 3 aromatic rings. The van der Waals surface area contributed by atoms with Crippen LogP contribution in [0.25, 0.3) is 11.1 Å². The van der Waals surface area contributed by atoms with E-state index in [0.717, 1.165) is 22.3 Å². The number of carboxylic acids is 1. The predicted octanol–water partition coefficient (Wildman–Crippen LogP) is 3.61. The molecule has 0 radical (unpaired) electrons. The van der Waals surface area contributed by atoms with Crippen LogP contribution in [0.1, 0.15) is 33.8 Å². The number of alkyl carbamates (subject to hydrolysis) is 1. The van der Waals surface area contributed by atoms with Crippen LogP contribution in [0.5, 0.6) is 0 Å². The third-order valence-electron chi connectivity index (χ3n) is 5.66. The standard InChI is InChI=1S/C26H24N2O6/c29-18(13-24(30)28-17-11-9-16(10-12-17)25(31)32)14-27-26(33)34-15-23-21-7-3-1-5-19(21)20-6-2-4-8-22(20)23/h1-12,18,23,29H,13-15H2,(H,27,33)(H,28,30)(H,31,32). The average molecular weight is 460 g/mol. The lowest BCUT2D eigenvalue weighted by molar-refractivity contribution is -0.118. The van der Waals surface area contributed by atoms with Crippen molar-refractivity contribution >= 4 is 23.7 Å². The fourth-order valence-corrected chi connectivity index (χ4v) is 4.04. The van der Waals surface area contributed by atoms with Crippen molar-refractivity contribution in [2.45, 2.75) is 18.4 Å². The van der Waals surface area contributed by atoms with E-state index in [1.54, 1.807) is 0 Å². The van der Waals surface area contributed by atoms with Gasteiger partial charge in [-0.3, -0.25) is 4.79 Å². The molecule has 8 heteroatoms. The zero-order valence-corrected chi connectivity index (χ0v) is 18.2. The second-order valence-electron chi connectivity index (χ2n) is 8.00. The monoisotopic (exact) mass is 460 g/mol. The van der Waals surface area contributed by atoms with Crippen LogP contribution in [-0.4, -0.2) is 47.4 Å². The number of anilines is 1. The van der Waals surface area contributed by atoms with Crippen LogP contribution in [0.4, 0.5) is 10.5 Å². The van der Waals surface area contributed by atoms with E-state index in [0.29, 0.717) is 5.69 Å². The molecule has 174 valence electrons. The fourth-order valence-electron chi connectivity index (χ4n) is 4.04. The van der Waals surface area contributed by atoms with E-state index in [-0.39, 0.29) is 31.1 Å². The number of carbonyl (C=O) groups excluding carboxylic acids is 2. The van der Waals surface area contributed by atoms with Gasteiger partial charge in [-0.2, -0.15) is 0 Å². The minimum absolute atomic E-state index is 0.0682. The van der Waals surface area contributed by atoms with E-state index in [1.807, 2.05) is 36.4 Å². The zero-order chi connectivity index (χ0) is 24.1. The van der Waals surface area contributed by atoms with Gasteiger partial charge in [0.15, 0.2) is 0 Å². The lowest BCUT2D eigenvalue weighted by Gasteiger charge is -2.16. The molecule has 0 aliphatic heterocycles. The topological polar surface area (TPSA) is 125 Å². The first-order valence-corrected chi connectivity index (χ1v) is 10.8. The fraction of sp³-hybridized carbons (Fsp3) is 0.192. The molecule has 0 aromatic heterocycles. The Morgan fingerprint density at radius 3 is 2.06 bits per heavy atom. The molecule has 0 heterocycles. The van der Waals surface area contributed by atoms with Crippen LogP contribution >= 0.6 is 0 Å². The Labute approximate surface area is 196 Å².